The number of anilines is 1. The minimum atomic E-state index is -3.46. The van der Waals surface area contributed by atoms with Crippen LogP contribution < -0.4 is 19.1 Å². The number of hydrogen-bond acceptors (Lipinski definition) is 5. The summed E-state index contributed by atoms with van der Waals surface area (Å²) in [5.74, 6) is 1.05. The first-order valence-corrected chi connectivity index (χ1v) is 12.5. The maximum atomic E-state index is 12.7. The quantitative estimate of drug-likeness (QED) is 0.598. The molecule has 2 aromatic rings. The molecule has 8 heteroatoms. The van der Waals surface area contributed by atoms with Gasteiger partial charge in [0.25, 0.3) is 5.91 Å². The lowest BCUT2D eigenvalue weighted by Crippen LogP contribution is -2.40. The first-order valence-electron chi connectivity index (χ1n) is 10.6. The highest BCUT2D eigenvalue weighted by atomic mass is 32.2. The number of benzene rings is 2. The smallest absolute Gasteiger partial charge is 0.261 e. The normalized spacial score (nSPS) is 16.1. The van der Waals surface area contributed by atoms with E-state index in [0.29, 0.717) is 24.6 Å². The minimum Gasteiger partial charge on any atom is -0.493 e. The van der Waals surface area contributed by atoms with Gasteiger partial charge in [-0.1, -0.05) is 37.3 Å². The molecule has 0 saturated heterocycles. The molecule has 0 radical (unpaired) electrons. The number of nitrogens with one attached hydrogen (secondary N) is 1. The van der Waals surface area contributed by atoms with Gasteiger partial charge in [-0.25, -0.2) is 8.42 Å². The third kappa shape index (κ3) is 6.13. The van der Waals surface area contributed by atoms with E-state index in [0.717, 1.165) is 36.8 Å². The van der Waals surface area contributed by atoms with Crippen molar-refractivity contribution in [3.05, 3.63) is 54.1 Å². The van der Waals surface area contributed by atoms with Crippen molar-refractivity contribution in [2.24, 2.45) is 0 Å². The number of carbonyl (C=O) groups excluding carboxylic acids is 1. The second-order valence-corrected chi connectivity index (χ2v) is 9.46. The third-order valence-electron chi connectivity index (χ3n) is 5.05. The first kappa shape index (κ1) is 22.9. The Bertz CT molecular complexity index is 993. The predicted molar refractivity (Wildman–Crippen MR) is 121 cm³/mol. The molecule has 3 rings (SSSR count). The second-order valence-electron chi connectivity index (χ2n) is 7.55. The average molecular weight is 447 g/mol. The summed E-state index contributed by atoms with van der Waals surface area (Å²) in [4.78, 5) is 12.7. The first-order chi connectivity index (χ1) is 14.9. The van der Waals surface area contributed by atoms with Gasteiger partial charge in [0.1, 0.15) is 11.5 Å². The van der Waals surface area contributed by atoms with Crippen LogP contribution in [0.25, 0.3) is 0 Å². The van der Waals surface area contributed by atoms with Gasteiger partial charge in [0.05, 0.1) is 18.6 Å². The van der Waals surface area contributed by atoms with Gasteiger partial charge in [0.2, 0.25) is 10.0 Å². The number of carbonyl (C=O) groups is 1. The Morgan fingerprint density at radius 1 is 1.19 bits per heavy atom. The highest BCUT2D eigenvalue weighted by molar-refractivity contribution is 7.92. The monoisotopic (exact) mass is 446 g/mol. The fourth-order valence-electron chi connectivity index (χ4n) is 3.53. The summed E-state index contributed by atoms with van der Waals surface area (Å²) in [6.45, 7) is 3.44. The maximum Gasteiger partial charge on any atom is 0.261 e. The number of hydrogen-bond donors (Lipinski definition) is 1. The molecule has 1 heterocycles. The fraction of sp³-hybridized carbons (Fsp3) is 0.435. The average Bonchev–Trinajstić information content (AvgIpc) is 2.95. The zero-order valence-corrected chi connectivity index (χ0v) is 18.9. The zero-order valence-electron chi connectivity index (χ0n) is 18.0. The molecule has 0 unspecified atom stereocenters. The molecule has 0 spiro atoms. The van der Waals surface area contributed by atoms with Crippen LogP contribution >= 0.6 is 0 Å². The van der Waals surface area contributed by atoms with Gasteiger partial charge >= 0.3 is 0 Å². The predicted octanol–water partition coefficient (Wildman–Crippen LogP) is 3.14. The van der Waals surface area contributed by atoms with Crippen LogP contribution in [0.4, 0.5) is 5.69 Å². The molecule has 1 N–H and O–H groups in total. The third-order valence-corrected chi connectivity index (χ3v) is 6.23. The molecular formula is C23H30N2O5S. The molecule has 0 saturated carbocycles. The Labute approximate surface area is 184 Å². The molecule has 0 aromatic heterocycles. The molecule has 2 aromatic carbocycles. The number of ether oxygens (including phenoxy) is 2. The Hall–Kier alpha value is -2.74. The molecule has 1 amide bonds. The summed E-state index contributed by atoms with van der Waals surface area (Å²) in [5.41, 5.74) is 1.58. The van der Waals surface area contributed by atoms with Crippen molar-refractivity contribution in [2.45, 2.75) is 38.7 Å². The molecule has 7 nitrogen and oxygen atoms in total. The van der Waals surface area contributed by atoms with E-state index in [1.165, 1.54) is 4.31 Å². The second kappa shape index (κ2) is 10.5. The van der Waals surface area contributed by atoms with Crippen LogP contribution in [-0.2, 0) is 21.2 Å². The van der Waals surface area contributed by atoms with E-state index >= 15 is 0 Å². The van der Waals surface area contributed by atoms with Gasteiger partial charge in [-0.15, -0.1) is 0 Å². The van der Waals surface area contributed by atoms with Crippen molar-refractivity contribution in [1.82, 2.24) is 5.32 Å². The highest BCUT2D eigenvalue weighted by Crippen LogP contribution is 2.33. The summed E-state index contributed by atoms with van der Waals surface area (Å²) in [7, 11) is -3.46. The summed E-state index contributed by atoms with van der Waals surface area (Å²) < 4.78 is 37.3. The van der Waals surface area contributed by atoms with E-state index in [9.17, 15) is 13.2 Å². The summed E-state index contributed by atoms with van der Waals surface area (Å²) in [6.07, 6.45) is 3.19. The van der Waals surface area contributed by atoms with Crippen LogP contribution in [0.15, 0.2) is 48.5 Å². The van der Waals surface area contributed by atoms with Crippen LogP contribution in [-0.4, -0.2) is 46.4 Å². The fourth-order valence-corrected chi connectivity index (χ4v) is 4.47. The Balaban J connectivity index is 1.56. The molecule has 1 atom stereocenters. The maximum absolute atomic E-state index is 12.7. The van der Waals surface area contributed by atoms with Crippen LogP contribution in [0.2, 0.25) is 0 Å². The van der Waals surface area contributed by atoms with Gasteiger partial charge in [0, 0.05) is 19.5 Å². The Kier molecular flexibility index (Phi) is 7.79. The lowest BCUT2D eigenvalue weighted by atomic mass is 10.1. The molecule has 0 fully saturated rings. The van der Waals surface area contributed by atoms with Crippen molar-refractivity contribution in [3.63, 3.8) is 0 Å². The Morgan fingerprint density at radius 3 is 2.71 bits per heavy atom. The van der Waals surface area contributed by atoms with Crippen molar-refractivity contribution in [2.75, 3.05) is 30.3 Å². The van der Waals surface area contributed by atoms with E-state index in [1.807, 2.05) is 24.3 Å². The van der Waals surface area contributed by atoms with Gasteiger partial charge in [-0.2, -0.15) is 0 Å². The van der Waals surface area contributed by atoms with E-state index in [2.05, 4.69) is 12.2 Å². The minimum absolute atomic E-state index is 0.191. The summed E-state index contributed by atoms with van der Waals surface area (Å²) in [5, 5.41) is 2.92. The molecule has 1 aliphatic heterocycles. The molecular weight excluding hydrogens is 416 g/mol. The number of para-hydroxylation sites is 3. The zero-order chi connectivity index (χ0) is 22.3. The summed E-state index contributed by atoms with van der Waals surface area (Å²) >= 11 is 0. The molecule has 168 valence electrons. The largest absolute Gasteiger partial charge is 0.493 e. The van der Waals surface area contributed by atoms with Crippen LogP contribution in [0.5, 0.6) is 11.5 Å². The number of sulfonamides is 1. The van der Waals surface area contributed by atoms with Crippen LogP contribution in [0, 0.1) is 0 Å². The number of nitrogens with zero attached hydrogens (tertiary/aromatic N) is 1. The van der Waals surface area contributed by atoms with Crippen molar-refractivity contribution in [1.29, 1.82) is 0 Å². The van der Waals surface area contributed by atoms with E-state index in [-0.39, 0.29) is 18.9 Å². The van der Waals surface area contributed by atoms with Crippen molar-refractivity contribution in [3.8, 4) is 11.5 Å². The molecule has 0 bridgehead atoms. The number of fused-ring (bicyclic) bond motifs is 1. The number of aryl methyl sites for hydroxylation is 1. The van der Waals surface area contributed by atoms with Gasteiger partial charge < -0.3 is 14.8 Å². The summed E-state index contributed by atoms with van der Waals surface area (Å²) in [6, 6.07) is 14.8. The van der Waals surface area contributed by atoms with Crippen molar-refractivity contribution < 1.29 is 22.7 Å². The number of amides is 1. The lowest BCUT2D eigenvalue weighted by Gasteiger charge is -2.20. The molecule has 31 heavy (non-hydrogen) atoms. The van der Waals surface area contributed by atoms with E-state index in [4.69, 9.17) is 9.47 Å². The van der Waals surface area contributed by atoms with Crippen LogP contribution in [0.1, 0.15) is 31.7 Å². The van der Waals surface area contributed by atoms with Crippen LogP contribution in [0.3, 0.4) is 0 Å². The van der Waals surface area contributed by atoms with Gasteiger partial charge in [-0.05, 0) is 43.0 Å². The molecule has 0 aliphatic carbocycles. The van der Waals surface area contributed by atoms with Gasteiger partial charge in [-0.3, -0.25) is 9.10 Å². The Morgan fingerprint density at radius 2 is 1.94 bits per heavy atom. The van der Waals surface area contributed by atoms with E-state index < -0.39 is 16.1 Å². The molecule has 1 aliphatic rings. The topological polar surface area (TPSA) is 84.9 Å². The van der Waals surface area contributed by atoms with Crippen molar-refractivity contribution >= 4 is 21.6 Å². The highest BCUT2D eigenvalue weighted by Gasteiger charge is 2.30. The standard InChI is InChI=1S/C23H30N2O5S/c1-3-17-29-20-12-6-4-9-18(20)10-8-15-24-23(26)22-14-16-25(31(2,27)28)19-11-5-7-13-21(19)30-22/h4-7,9,11-13,22H,3,8,10,14-17H2,1-2H3,(H,24,26)/t22-/m0/s1. The van der Waals surface area contributed by atoms with E-state index in [1.54, 1.807) is 24.3 Å². The SMILES string of the molecule is CCCOc1ccccc1CCCNC(=O)[C@@H]1CCN(S(C)(=O)=O)c2ccccc2O1. The number of rotatable bonds is 9. The van der Waals surface area contributed by atoms with Gasteiger partial charge in [0.15, 0.2) is 6.10 Å². The lowest BCUT2D eigenvalue weighted by molar-refractivity contribution is -0.128.